The average molecular weight is 415 g/mol. The van der Waals surface area contributed by atoms with E-state index in [9.17, 15) is 4.79 Å². The van der Waals surface area contributed by atoms with E-state index in [1.807, 2.05) is 55.5 Å². The molecule has 0 atom stereocenters. The van der Waals surface area contributed by atoms with Crippen molar-refractivity contribution in [1.29, 1.82) is 0 Å². The van der Waals surface area contributed by atoms with Crippen molar-refractivity contribution in [1.82, 2.24) is 16.0 Å². The van der Waals surface area contributed by atoms with Gasteiger partial charge >= 0.3 is 0 Å². The second-order valence-electron chi connectivity index (χ2n) is 6.95. The second kappa shape index (κ2) is 10.7. The topological polar surface area (TPSA) is 74.8 Å². The molecule has 0 aliphatic heterocycles. The number of nitrogens with one attached hydrogen (secondary N) is 3. The Balaban J connectivity index is 1.52. The molecule has 0 unspecified atom stereocenters. The number of ether oxygens (including phenoxy) is 1. The van der Waals surface area contributed by atoms with Crippen molar-refractivity contribution >= 4 is 23.5 Å². The van der Waals surface area contributed by atoms with Crippen LogP contribution in [0.3, 0.4) is 0 Å². The van der Waals surface area contributed by atoms with Crippen LogP contribution in [-0.2, 0) is 17.9 Å². The Morgan fingerprint density at radius 1 is 1.14 bits per heavy atom. The van der Waals surface area contributed by atoms with Gasteiger partial charge in [0, 0.05) is 24.2 Å². The summed E-state index contributed by atoms with van der Waals surface area (Å²) in [5.41, 5.74) is 2.13. The molecular formula is C22H27ClN4O2. The van der Waals surface area contributed by atoms with E-state index < -0.39 is 0 Å². The molecule has 3 rings (SSSR count). The summed E-state index contributed by atoms with van der Waals surface area (Å²) >= 11 is 5.93. The lowest BCUT2D eigenvalue weighted by atomic mass is 10.2. The van der Waals surface area contributed by atoms with Crippen LogP contribution in [0.1, 0.15) is 30.9 Å². The first-order valence-corrected chi connectivity index (χ1v) is 10.3. The van der Waals surface area contributed by atoms with Gasteiger partial charge in [0.15, 0.2) is 12.6 Å². The summed E-state index contributed by atoms with van der Waals surface area (Å²) in [5, 5.41) is 10.2. The third-order valence-corrected chi connectivity index (χ3v) is 4.60. The number of hydrogen-bond donors (Lipinski definition) is 3. The molecule has 154 valence electrons. The Hall–Kier alpha value is -2.73. The molecule has 3 N–H and O–H groups in total. The van der Waals surface area contributed by atoms with Crippen LogP contribution in [-0.4, -0.2) is 31.1 Å². The average Bonchev–Trinajstić information content (AvgIpc) is 3.54. The van der Waals surface area contributed by atoms with Crippen LogP contribution >= 0.6 is 11.6 Å². The molecule has 29 heavy (non-hydrogen) atoms. The van der Waals surface area contributed by atoms with Gasteiger partial charge in [0.25, 0.3) is 5.91 Å². The zero-order chi connectivity index (χ0) is 20.5. The standard InChI is InChI=1S/C22H27ClN4O2/c1-2-24-22(25-13-16-6-8-18(23)9-7-16)26-14-17-4-3-5-20(12-17)29-15-21(28)27-19-10-11-19/h3-9,12,19H,2,10-11,13-15H2,1H3,(H,27,28)(H2,24,25,26). The summed E-state index contributed by atoms with van der Waals surface area (Å²) in [6.07, 6.45) is 2.14. The number of amides is 1. The lowest BCUT2D eigenvalue weighted by Crippen LogP contribution is -2.36. The summed E-state index contributed by atoms with van der Waals surface area (Å²) in [6.45, 7) is 3.99. The molecule has 0 aromatic heterocycles. The molecule has 1 amide bonds. The van der Waals surface area contributed by atoms with Crippen molar-refractivity contribution in [2.75, 3.05) is 13.2 Å². The van der Waals surface area contributed by atoms with Gasteiger partial charge in [0.05, 0.1) is 6.54 Å². The van der Waals surface area contributed by atoms with Crippen LogP contribution in [0, 0.1) is 0 Å². The van der Waals surface area contributed by atoms with Gasteiger partial charge in [-0.3, -0.25) is 4.79 Å². The van der Waals surface area contributed by atoms with Gasteiger partial charge < -0.3 is 20.7 Å². The number of nitrogens with zero attached hydrogens (tertiary/aromatic N) is 1. The summed E-state index contributed by atoms with van der Waals surface area (Å²) < 4.78 is 5.60. The van der Waals surface area contributed by atoms with Gasteiger partial charge in [-0.15, -0.1) is 0 Å². The maximum atomic E-state index is 11.8. The van der Waals surface area contributed by atoms with Gasteiger partial charge in [-0.25, -0.2) is 4.99 Å². The van der Waals surface area contributed by atoms with Gasteiger partial charge in [0.2, 0.25) is 0 Å². The molecule has 7 heteroatoms. The maximum absolute atomic E-state index is 11.8. The van der Waals surface area contributed by atoms with E-state index in [0.717, 1.165) is 41.5 Å². The molecule has 0 heterocycles. The monoisotopic (exact) mass is 414 g/mol. The molecule has 2 aromatic carbocycles. The molecular weight excluding hydrogens is 388 g/mol. The predicted octanol–water partition coefficient (Wildman–Crippen LogP) is 3.25. The molecule has 6 nitrogen and oxygen atoms in total. The Kier molecular flexibility index (Phi) is 7.76. The van der Waals surface area contributed by atoms with E-state index in [2.05, 4.69) is 20.9 Å². The molecule has 1 saturated carbocycles. The van der Waals surface area contributed by atoms with Crippen LogP contribution in [0.15, 0.2) is 53.5 Å². The number of rotatable bonds is 9. The van der Waals surface area contributed by atoms with Crippen molar-refractivity contribution in [2.45, 2.75) is 38.9 Å². The van der Waals surface area contributed by atoms with Crippen LogP contribution in [0.25, 0.3) is 0 Å². The Morgan fingerprint density at radius 3 is 2.66 bits per heavy atom. The lowest BCUT2D eigenvalue weighted by Gasteiger charge is -2.12. The first kappa shape index (κ1) is 21.0. The zero-order valence-electron chi connectivity index (χ0n) is 16.6. The van der Waals surface area contributed by atoms with E-state index in [4.69, 9.17) is 16.3 Å². The summed E-state index contributed by atoms with van der Waals surface area (Å²) in [6, 6.07) is 15.7. The smallest absolute Gasteiger partial charge is 0.258 e. The minimum Gasteiger partial charge on any atom is -0.484 e. The Labute approximate surface area is 176 Å². The van der Waals surface area contributed by atoms with Crippen LogP contribution in [0.2, 0.25) is 5.02 Å². The number of carbonyl (C=O) groups excluding carboxylic acids is 1. The first-order chi connectivity index (χ1) is 14.1. The molecule has 1 aliphatic carbocycles. The highest BCUT2D eigenvalue weighted by Gasteiger charge is 2.23. The largest absolute Gasteiger partial charge is 0.484 e. The number of aliphatic imine (C=N–C) groups is 1. The maximum Gasteiger partial charge on any atom is 0.258 e. The highest BCUT2D eigenvalue weighted by atomic mass is 35.5. The highest BCUT2D eigenvalue weighted by molar-refractivity contribution is 6.30. The van der Waals surface area contributed by atoms with E-state index in [0.29, 0.717) is 24.9 Å². The highest BCUT2D eigenvalue weighted by Crippen LogP contribution is 2.18. The second-order valence-corrected chi connectivity index (χ2v) is 7.39. The molecule has 0 bridgehead atoms. The fourth-order valence-corrected chi connectivity index (χ4v) is 2.81. The van der Waals surface area contributed by atoms with Crippen molar-refractivity contribution in [3.8, 4) is 5.75 Å². The van der Waals surface area contributed by atoms with E-state index in [1.54, 1.807) is 0 Å². The van der Waals surface area contributed by atoms with E-state index >= 15 is 0 Å². The van der Waals surface area contributed by atoms with E-state index in [1.165, 1.54) is 0 Å². The van der Waals surface area contributed by atoms with E-state index in [-0.39, 0.29) is 12.5 Å². The number of guanidine groups is 1. The summed E-state index contributed by atoms with van der Waals surface area (Å²) in [5.74, 6) is 1.33. The van der Waals surface area contributed by atoms with Gasteiger partial charge in [-0.1, -0.05) is 35.9 Å². The van der Waals surface area contributed by atoms with Gasteiger partial charge in [-0.05, 0) is 55.2 Å². The molecule has 0 radical (unpaired) electrons. The third kappa shape index (κ3) is 7.66. The minimum absolute atomic E-state index is 0.0362. The normalized spacial score (nSPS) is 13.7. The predicted molar refractivity (Wildman–Crippen MR) is 116 cm³/mol. The molecule has 1 aliphatic rings. The van der Waals surface area contributed by atoms with Crippen molar-refractivity contribution in [3.63, 3.8) is 0 Å². The number of carbonyl (C=O) groups is 1. The minimum atomic E-state index is -0.0724. The summed E-state index contributed by atoms with van der Waals surface area (Å²) in [4.78, 5) is 16.4. The number of halogens is 1. The fourth-order valence-electron chi connectivity index (χ4n) is 2.68. The van der Waals surface area contributed by atoms with Gasteiger partial charge in [0.1, 0.15) is 5.75 Å². The SMILES string of the molecule is CCNC(=NCc1cccc(OCC(=O)NC2CC2)c1)NCc1ccc(Cl)cc1. The van der Waals surface area contributed by atoms with Crippen LogP contribution < -0.4 is 20.7 Å². The Morgan fingerprint density at radius 2 is 1.93 bits per heavy atom. The van der Waals surface area contributed by atoms with Crippen LogP contribution in [0.5, 0.6) is 5.75 Å². The molecule has 0 spiro atoms. The van der Waals surface area contributed by atoms with Crippen LogP contribution in [0.4, 0.5) is 0 Å². The molecule has 0 saturated heterocycles. The van der Waals surface area contributed by atoms with Gasteiger partial charge in [-0.2, -0.15) is 0 Å². The third-order valence-electron chi connectivity index (χ3n) is 4.35. The number of benzene rings is 2. The Bertz CT molecular complexity index is 835. The molecule has 2 aromatic rings. The quantitative estimate of drug-likeness (QED) is 0.435. The first-order valence-electron chi connectivity index (χ1n) is 9.90. The lowest BCUT2D eigenvalue weighted by molar-refractivity contribution is -0.123. The number of hydrogen-bond acceptors (Lipinski definition) is 3. The van der Waals surface area contributed by atoms with Crippen molar-refractivity contribution < 1.29 is 9.53 Å². The van der Waals surface area contributed by atoms with Crippen molar-refractivity contribution in [3.05, 3.63) is 64.7 Å². The molecule has 1 fully saturated rings. The van der Waals surface area contributed by atoms with Crippen molar-refractivity contribution in [2.24, 2.45) is 4.99 Å². The fraction of sp³-hybridized carbons (Fsp3) is 0.364. The summed E-state index contributed by atoms with van der Waals surface area (Å²) in [7, 11) is 0. The zero-order valence-corrected chi connectivity index (χ0v) is 17.3.